The molecule has 104 valence electrons. The average molecular weight is 292 g/mol. The summed E-state index contributed by atoms with van der Waals surface area (Å²) in [6.45, 7) is 0.480. The van der Waals surface area contributed by atoms with Crippen LogP contribution in [0.15, 0.2) is 42.5 Å². The summed E-state index contributed by atoms with van der Waals surface area (Å²) < 4.78 is 5.11. The van der Waals surface area contributed by atoms with Crippen LogP contribution in [-0.4, -0.2) is 18.2 Å². The molecule has 0 aliphatic carbocycles. The van der Waals surface area contributed by atoms with Crippen LogP contribution in [0.4, 0.5) is 5.69 Å². The van der Waals surface area contributed by atoms with Crippen molar-refractivity contribution in [2.24, 2.45) is 0 Å². The first kappa shape index (κ1) is 14.2. The topological polar surface area (TPSA) is 58.6 Å². The molecular weight excluding hydrogens is 278 g/mol. The second-order valence-corrected chi connectivity index (χ2v) is 4.64. The van der Waals surface area contributed by atoms with Gasteiger partial charge in [0.25, 0.3) is 0 Å². The van der Waals surface area contributed by atoms with Gasteiger partial charge in [-0.25, -0.2) is 4.79 Å². The minimum absolute atomic E-state index is 0.202. The third-order valence-electron chi connectivity index (χ3n) is 2.83. The van der Waals surface area contributed by atoms with Crippen molar-refractivity contribution in [3.63, 3.8) is 0 Å². The molecule has 2 aromatic rings. The summed E-state index contributed by atoms with van der Waals surface area (Å²) in [6.07, 6.45) is 0. The molecule has 0 aromatic heterocycles. The van der Waals surface area contributed by atoms with Gasteiger partial charge in [-0.05, 0) is 29.8 Å². The van der Waals surface area contributed by atoms with E-state index in [1.165, 1.54) is 13.2 Å². The molecular formula is C15H14ClNO3. The standard InChI is InChI=1S/C15H14ClNO3/c1-20-12-5-6-13(15(18)19)14(8-12)17-9-10-3-2-4-11(16)7-10/h2-8,17H,9H2,1H3,(H,18,19). The van der Waals surface area contributed by atoms with E-state index in [1.807, 2.05) is 18.2 Å². The molecule has 2 aromatic carbocycles. The van der Waals surface area contributed by atoms with Gasteiger partial charge in [0.05, 0.1) is 18.4 Å². The van der Waals surface area contributed by atoms with Gasteiger partial charge in [-0.2, -0.15) is 0 Å². The van der Waals surface area contributed by atoms with Gasteiger partial charge < -0.3 is 15.2 Å². The number of benzene rings is 2. The molecule has 0 spiro atoms. The van der Waals surface area contributed by atoms with Crippen molar-refractivity contribution in [2.75, 3.05) is 12.4 Å². The van der Waals surface area contributed by atoms with Gasteiger partial charge in [0.1, 0.15) is 5.75 Å². The number of carbonyl (C=O) groups is 1. The Bertz CT molecular complexity index is 628. The number of rotatable bonds is 5. The highest BCUT2D eigenvalue weighted by molar-refractivity contribution is 6.30. The lowest BCUT2D eigenvalue weighted by Crippen LogP contribution is -2.06. The molecule has 0 aliphatic rings. The van der Waals surface area contributed by atoms with Crippen LogP contribution in [0, 0.1) is 0 Å². The molecule has 0 amide bonds. The van der Waals surface area contributed by atoms with Crippen LogP contribution in [0.25, 0.3) is 0 Å². The van der Waals surface area contributed by atoms with E-state index in [-0.39, 0.29) is 5.56 Å². The maximum absolute atomic E-state index is 11.2. The van der Waals surface area contributed by atoms with Gasteiger partial charge >= 0.3 is 5.97 Å². The van der Waals surface area contributed by atoms with Gasteiger partial charge in [0.2, 0.25) is 0 Å². The van der Waals surface area contributed by atoms with Crippen molar-refractivity contribution >= 4 is 23.3 Å². The Morgan fingerprint density at radius 3 is 2.75 bits per heavy atom. The van der Waals surface area contributed by atoms with Gasteiger partial charge in [0, 0.05) is 17.6 Å². The highest BCUT2D eigenvalue weighted by Gasteiger charge is 2.11. The van der Waals surface area contributed by atoms with Crippen molar-refractivity contribution in [3.8, 4) is 5.75 Å². The maximum atomic E-state index is 11.2. The zero-order chi connectivity index (χ0) is 14.5. The third-order valence-corrected chi connectivity index (χ3v) is 3.06. The van der Waals surface area contributed by atoms with Crippen LogP contribution in [0.5, 0.6) is 5.75 Å². The van der Waals surface area contributed by atoms with Crippen molar-refractivity contribution in [3.05, 3.63) is 58.6 Å². The predicted molar refractivity (Wildman–Crippen MR) is 78.7 cm³/mol. The fourth-order valence-corrected chi connectivity index (χ4v) is 2.04. The Balaban J connectivity index is 2.21. The number of halogens is 1. The first-order valence-corrected chi connectivity index (χ1v) is 6.37. The Morgan fingerprint density at radius 1 is 1.30 bits per heavy atom. The zero-order valence-electron chi connectivity index (χ0n) is 10.9. The SMILES string of the molecule is COc1ccc(C(=O)O)c(NCc2cccc(Cl)c2)c1. The van der Waals surface area contributed by atoms with Crippen molar-refractivity contribution in [1.29, 1.82) is 0 Å². The molecule has 0 bridgehead atoms. The number of aromatic carboxylic acids is 1. The molecule has 0 aliphatic heterocycles. The van der Waals surface area contributed by atoms with E-state index >= 15 is 0 Å². The molecule has 0 unspecified atom stereocenters. The monoisotopic (exact) mass is 291 g/mol. The lowest BCUT2D eigenvalue weighted by atomic mass is 10.1. The van der Waals surface area contributed by atoms with E-state index in [4.69, 9.17) is 21.4 Å². The third kappa shape index (κ3) is 3.42. The predicted octanol–water partition coefficient (Wildman–Crippen LogP) is 3.66. The van der Waals surface area contributed by atoms with Crippen LogP contribution >= 0.6 is 11.6 Å². The Kier molecular flexibility index (Phi) is 4.48. The smallest absolute Gasteiger partial charge is 0.337 e. The first-order chi connectivity index (χ1) is 9.60. The fourth-order valence-electron chi connectivity index (χ4n) is 1.83. The number of hydrogen-bond acceptors (Lipinski definition) is 3. The lowest BCUT2D eigenvalue weighted by Gasteiger charge is -2.11. The van der Waals surface area contributed by atoms with Crippen molar-refractivity contribution in [1.82, 2.24) is 0 Å². The van der Waals surface area contributed by atoms with E-state index in [0.29, 0.717) is 23.0 Å². The van der Waals surface area contributed by atoms with Crippen LogP contribution in [0.3, 0.4) is 0 Å². The molecule has 0 heterocycles. The van der Waals surface area contributed by atoms with Gasteiger partial charge in [0.15, 0.2) is 0 Å². The van der Waals surface area contributed by atoms with Crippen LogP contribution in [0.1, 0.15) is 15.9 Å². The van der Waals surface area contributed by atoms with Gasteiger partial charge in [-0.15, -0.1) is 0 Å². The highest BCUT2D eigenvalue weighted by Crippen LogP contribution is 2.23. The number of anilines is 1. The van der Waals surface area contributed by atoms with E-state index in [1.54, 1.807) is 18.2 Å². The second kappa shape index (κ2) is 6.30. The van der Waals surface area contributed by atoms with Crippen molar-refractivity contribution in [2.45, 2.75) is 6.54 Å². The number of nitrogens with one attached hydrogen (secondary N) is 1. The normalized spacial score (nSPS) is 10.1. The number of methoxy groups -OCH3 is 1. The number of ether oxygens (including phenoxy) is 1. The fraction of sp³-hybridized carbons (Fsp3) is 0.133. The lowest BCUT2D eigenvalue weighted by molar-refractivity contribution is 0.0698. The Hall–Kier alpha value is -2.20. The Labute approximate surface area is 122 Å². The summed E-state index contributed by atoms with van der Waals surface area (Å²) in [7, 11) is 1.54. The zero-order valence-corrected chi connectivity index (χ0v) is 11.6. The summed E-state index contributed by atoms with van der Waals surface area (Å²) in [5.41, 5.74) is 1.68. The van der Waals surface area contributed by atoms with E-state index in [0.717, 1.165) is 5.56 Å². The second-order valence-electron chi connectivity index (χ2n) is 4.20. The number of carboxylic acid groups (broad SMARTS) is 1. The van der Waals surface area contributed by atoms with Crippen LogP contribution < -0.4 is 10.1 Å². The van der Waals surface area contributed by atoms with E-state index in [9.17, 15) is 4.79 Å². The minimum atomic E-state index is -0.985. The summed E-state index contributed by atoms with van der Waals surface area (Å²) in [5.74, 6) is -0.384. The highest BCUT2D eigenvalue weighted by atomic mass is 35.5. The van der Waals surface area contributed by atoms with Crippen LogP contribution in [0.2, 0.25) is 5.02 Å². The molecule has 0 saturated carbocycles. The largest absolute Gasteiger partial charge is 0.497 e. The van der Waals surface area contributed by atoms with Gasteiger partial charge in [-0.1, -0.05) is 23.7 Å². The quantitative estimate of drug-likeness (QED) is 0.882. The summed E-state index contributed by atoms with van der Waals surface area (Å²) >= 11 is 5.91. The van der Waals surface area contributed by atoms with E-state index in [2.05, 4.69) is 5.32 Å². The van der Waals surface area contributed by atoms with Crippen LogP contribution in [-0.2, 0) is 6.54 Å². The Morgan fingerprint density at radius 2 is 2.10 bits per heavy atom. The molecule has 0 fully saturated rings. The van der Waals surface area contributed by atoms with E-state index < -0.39 is 5.97 Å². The maximum Gasteiger partial charge on any atom is 0.337 e. The van der Waals surface area contributed by atoms with Gasteiger partial charge in [-0.3, -0.25) is 0 Å². The summed E-state index contributed by atoms with van der Waals surface area (Å²) in [4.78, 5) is 11.2. The molecule has 0 atom stereocenters. The number of hydrogen-bond donors (Lipinski definition) is 2. The molecule has 4 nitrogen and oxygen atoms in total. The molecule has 5 heteroatoms. The molecule has 20 heavy (non-hydrogen) atoms. The molecule has 2 N–H and O–H groups in total. The summed E-state index contributed by atoms with van der Waals surface area (Å²) in [6, 6.07) is 12.2. The molecule has 2 rings (SSSR count). The first-order valence-electron chi connectivity index (χ1n) is 6.00. The number of carboxylic acids is 1. The average Bonchev–Trinajstić information content (AvgIpc) is 2.44. The molecule has 0 radical (unpaired) electrons. The minimum Gasteiger partial charge on any atom is -0.497 e. The molecule has 0 saturated heterocycles. The summed E-state index contributed by atoms with van der Waals surface area (Å²) in [5, 5.41) is 12.9. The van der Waals surface area contributed by atoms with Crippen molar-refractivity contribution < 1.29 is 14.6 Å².